The van der Waals surface area contributed by atoms with Crippen molar-refractivity contribution in [1.82, 2.24) is 0 Å². The molecule has 0 bridgehead atoms. The van der Waals surface area contributed by atoms with Crippen LogP contribution >= 0.6 is 0 Å². The molecule has 0 unspecified atom stereocenters. The van der Waals surface area contributed by atoms with Gasteiger partial charge in [-0.25, -0.2) is 9.59 Å². The maximum Gasteiger partial charge on any atom is 0.338 e. The third-order valence-corrected chi connectivity index (χ3v) is 7.18. The average Bonchev–Trinajstić information content (AvgIpc) is 2.92. The summed E-state index contributed by atoms with van der Waals surface area (Å²) in [6.07, 6.45) is 17.2. The SMILES string of the molecule is C=CCCCCCCC1CCC(OC(=O)c2ccc(C=CC(=O)OCCc3cc(N)ccc3N)cc2)CC1. The predicted molar refractivity (Wildman–Crippen MR) is 154 cm³/mol. The maximum absolute atomic E-state index is 12.6. The lowest BCUT2D eigenvalue weighted by Crippen LogP contribution is -2.24. The van der Waals surface area contributed by atoms with Crippen LogP contribution < -0.4 is 11.5 Å². The second-order valence-electron chi connectivity index (χ2n) is 10.2. The van der Waals surface area contributed by atoms with Gasteiger partial charge in [0, 0.05) is 23.9 Å². The van der Waals surface area contributed by atoms with Gasteiger partial charge in [-0.1, -0.05) is 43.9 Å². The molecule has 6 heteroatoms. The third-order valence-electron chi connectivity index (χ3n) is 7.18. The van der Waals surface area contributed by atoms with Crippen LogP contribution in [0.3, 0.4) is 0 Å². The Kier molecular flexibility index (Phi) is 12.0. The summed E-state index contributed by atoms with van der Waals surface area (Å²) in [6.45, 7) is 3.98. The largest absolute Gasteiger partial charge is 0.462 e. The van der Waals surface area contributed by atoms with Gasteiger partial charge in [0.15, 0.2) is 0 Å². The fourth-order valence-corrected chi connectivity index (χ4v) is 4.88. The highest BCUT2D eigenvalue weighted by atomic mass is 16.5. The van der Waals surface area contributed by atoms with Gasteiger partial charge in [0.1, 0.15) is 6.10 Å². The van der Waals surface area contributed by atoms with E-state index >= 15 is 0 Å². The van der Waals surface area contributed by atoms with E-state index in [1.165, 1.54) is 38.2 Å². The van der Waals surface area contributed by atoms with Crippen molar-refractivity contribution in [1.29, 1.82) is 0 Å². The molecule has 0 saturated heterocycles. The molecule has 0 heterocycles. The number of unbranched alkanes of at least 4 members (excludes halogenated alkanes) is 4. The van der Waals surface area contributed by atoms with Gasteiger partial charge in [0.25, 0.3) is 0 Å². The first-order valence-corrected chi connectivity index (χ1v) is 13.8. The molecule has 1 aliphatic rings. The van der Waals surface area contributed by atoms with Crippen LogP contribution in [0.25, 0.3) is 6.08 Å². The molecule has 0 amide bonds. The number of esters is 2. The Bertz CT molecular complexity index is 1070. The number of nitrogen functional groups attached to an aromatic ring is 2. The van der Waals surface area contributed by atoms with Crippen LogP contribution in [0.1, 0.15) is 85.7 Å². The Morgan fingerprint density at radius 2 is 1.68 bits per heavy atom. The number of nitrogens with two attached hydrogens (primary N) is 2. The van der Waals surface area contributed by atoms with Gasteiger partial charge in [-0.05, 0) is 92.0 Å². The molecule has 3 rings (SSSR count). The quantitative estimate of drug-likeness (QED) is 0.0927. The monoisotopic (exact) mass is 518 g/mol. The van der Waals surface area contributed by atoms with Crippen LogP contribution in [-0.4, -0.2) is 24.6 Å². The zero-order chi connectivity index (χ0) is 27.2. The van der Waals surface area contributed by atoms with E-state index in [4.69, 9.17) is 20.9 Å². The number of benzene rings is 2. The summed E-state index contributed by atoms with van der Waals surface area (Å²) in [4.78, 5) is 24.7. The van der Waals surface area contributed by atoms with Crippen molar-refractivity contribution in [2.45, 2.75) is 76.7 Å². The Hall–Kier alpha value is -3.54. The summed E-state index contributed by atoms with van der Waals surface area (Å²) in [6, 6.07) is 12.3. The van der Waals surface area contributed by atoms with Crippen LogP contribution in [0.5, 0.6) is 0 Å². The fourth-order valence-electron chi connectivity index (χ4n) is 4.88. The van der Waals surface area contributed by atoms with Crippen LogP contribution in [0.15, 0.2) is 61.2 Å². The molecule has 0 radical (unpaired) electrons. The Morgan fingerprint density at radius 3 is 2.42 bits per heavy atom. The summed E-state index contributed by atoms with van der Waals surface area (Å²) in [5.74, 6) is 0.0306. The van der Waals surface area contributed by atoms with Crippen molar-refractivity contribution < 1.29 is 19.1 Å². The zero-order valence-electron chi connectivity index (χ0n) is 22.4. The number of hydrogen-bond acceptors (Lipinski definition) is 6. The molecule has 204 valence electrons. The highest BCUT2D eigenvalue weighted by Gasteiger charge is 2.24. The average molecular weight is 519 g/mol. The minimum atomic E-state index is -0.445. The zero-order valence-corrected chi connectivity index (χ0v) is 22.4. The molecule has 0 atom stereocenters. The van der Waals surface area contributed by atoms with Crippen LogP contribution in [0, 0.1) is 5.92 Å². The highest BCUT2D eigenvalue weighted by Crippen LogP contribution is 2.30. The van der Waals surface area contributed by atoms with Crippen molar-refractivity contribution in [3.8, 4) is 0 Å². The van der Waals surface area contributed by atoms with E-state index in [0.717, 1.165) is 49.1 Å². The molecule has 4 N–H and O–H groups in total. The molecule has 1 aliphatic carbocycles. The van der Waals surface area contributed by atoms with Crippen LogP contribution in [0.2, 0.25) is 0 Å². The lowest BCUT2D eigenvalue weighted by molar-refractivity contribution is -0.137. The summed E-state index contributed by atoms with van der Waals surface area (Å²) >= 11 is 0. The number of allylic oxidation sites excluding steroid dienone is 1. The maximum atomic E-state index is 12.6. The van der Waals surface area contributed by atoms with Crippen molar-refractivity contribution in [3.63, 3.8) is 0 Å². The molecule has 2 aromatic carbocycles. The minimum absolute atomic E-state index is 0.00311. The summed E-state index contributed by atoms with van der Waals surface area (Å²) in [5, 5.41) is 0. The van der Waals surface area contributed by atoms with E-state index in [1.54, 1.807) is 48.5 Å². The molecule has 0 spiro atoms. The van der Waals surface area contributed by atoms with Gasteiger partial charge < -0.3 is 20.9 Å². The van der Waals surface area contributed by atoms with E-state index in [2.05, 4.69) is 6.58 Å². The summed E-state index contributed by atoms with van der Waals surface area (Å²) < 4.78 is 11.0. The molecule has 0 aliphatic heterocycles. The number of hydrogen-bond donors (Lipinski definition) is 2. The number of rotatable bonds is 14. The van der Waals surface area contributed by atoms with Gasteiger partial charge in [-0.15, -0.1) is 6.58 Å². The lowest BCUT2D eigenvalue weighted by atomic mass is 9.84. The highest BCUT2D eigenvalue weighted by molar-refractivity contribution is 5.90. The topological polar surface area (TPSA) is 105 Å². The Balaban J connectivity index is 1.34. The first-order valence-electron chi connectivity index (χ1n) is 13.8. The summed E-state index contributed by atoms with van der Waals surface area (Å²) in [5.41, 5.74) is 15.1. The Morgan fingerprint density at radius 1 is 0.947 bits per heavy atom. The van der Waals surface area contributed by atoms with Gasteiger partial charge in [0.05, 0.1) is 12.2 Å². The lowest BCUT2D eigenvalue weighted by Gasteiger charge is -2.28. The number of carbonyl (C=O) groups is 2. The number of anilines is 2. The second-order valence-corrected chi connectivity index (χ2v) is 10.2. The first-order chi connectivity index (χ1) is 18.4. The van der Waals surface area contributed by atoms with Crippen molar-refractivity contribution in [2.24, 2.45) is 5.92 Å². The van der Waals surface area contributed by atoms with Crippen LogP contribution in [0.4, 0.5) is 11.4 Å². The molecular formula is C32H42N2O4. The normalized spacial score (nSPS) is 17.3. The van der Waals surface area contributed by atoms with E-state index in [1.807, 2.05) is 6.08 Å². The van der Waals surface area contributed by atoms with E-state index in [0.29, 0.717) is 23.4 Å². The molecule has 2 aromatic rings. The first kappa shape index (κ1) is 29.0. The number of carbonyl (C=O) groups excluding carboxylic acids is 2. The number of ether oxygens (including phenoxy) is 2. The molecular weight excluding hydrogens is 476 g/mol. The van der Waals surface area contributed by atoms with E-state index in [9.17, 15) is 9.59 Å². The molecule has 0 aromatic heterocycles. The van der Waals surface area contributed by atoms with Gasteiger partial charge in [-0.3, -0.25) is 0 Å². The van der Waals surface area contributed by atoms with Crippen molar-refractivity contribution in [2.75, 3.05) is 18.1 Å². The molecule has 1 fully saturated rings. The van der Waals surface area contributed by atoms with Gasteiger partial charge in [0.2, 0.25) is 0 Å². The van der Waals surface area contributed by atoms with Gasteiger partial charge >= 0.3 is 11.9 Å². The smallest absolute Gasteiger partial charge is 0.338 e. The predicted octanol–water partition coefficient (Wildman–Crippen LogP) is 6.89. The molecule has 38 heavy (non-hydrogen) atoms. The third kappa shape index (κ3) is 10.1. The van der Waals surface area contributed by atoms with Crippen LogP contribution in [-0.2, 0) is 20.7 Å². The molecule has 6 nitrogen and oxygen atoms in total. The molecule has 1 saturated carbocycles. The Labute approximate surface area is 227 Å². The van der Waals surface area contributed by atoms with Gasteiger partial charge in [-0.2, -0.15) is 0 Å². The summed E-state index contributed by atoms with van der Waals surface area (Å²) in [7, 11) is 0. The fraction of sp³-hybridized carbons (Fsp3) is 0.438. The van der Waals surface area contributed by atoms with E-state index < -0.39 is 5.97 Å². The minimum Gasteiger partial charge on any atom is -0.462 e. The van der Waals surface area contributed by atoms with Crippen molar-refractivity contribution in [3.05, 3.63) is 77.9 Å². The standard InChI is InChI=1S/C32H42N2O4/c1-2-3-4-5-6-7-8-24-11-17-29(18-12-24)38-32(36)26-14-9-25(10-15-26)13-20-31(35)37-22-21-27-23-28(33)16-19-30(27)34/h2,9-10,13-16,19-20,23-24,29H,1,3-8,11-12,17-18,21-22,33-34H2. The van der Waals surface area contributed by atoms with E-state index in [-0.39, 0.29) is 18.7 Å². The van der Waals surface area contributed by atoms with Crippen molar-refractivity contribution >= 4 is 29.4 Å². The second kappa shape index (κ2) is 15.7.